The van der Waals surface area contributed by atoms with E-state index in [1.807, 2.05) is 41.4 Å². The lowest BCUT2D eigenvalue weighted by Gasteiger charge is -2.11. The molecule has 3 heterocycles. The average Bonchev–Trinajstić information content (AvgIpc) is 3.27. The van der Waals surface area contributed by atoms with E-state index in [0.29, 0.717) is 24.3 Å². The first-order chi connectivity index (χ1) is 14.8. The summed E-state index contributed by atoms with van der Waals surface area (Å²) in [5, 5.41) is 12.8. The molecule has 0 aliphatic carbocycles. The molecule has 0 aliphatic rings. The van der Waals surface area contributed by atoms with Gasteiger partial charge in [-0.25, -0.2) is 9.67 Å². The van der Waals surface area contributed by atoms with Crippen molar-refractivity contribution in [1.82, 2.24) is 29.9 Å². The molecular weight excluding hydrogens is 388 g/mol. The summed E-state index contributed by atoms with van der Waals surface area (Å²) in [4.78, 5) is 17.5. The van der Waals surface area contributed by atoms with Crippen LogP contribution < -0.4 is 5.32 Å². The van der Waals surface area contributed by atoms with Gasteiger partial charge in [0, 0.05) is 23.7 Å². The van der Waals surface area contributed by atoms with Crippen molar-refractivity contribution in [3.63, 3.8) is 0 Å². The lowest BCUT2D eigenvalue weighted by Crippen LogP contribution is -2.24. The minimum Gasteiger partial charge on any atom is -0.348 e. The number of fused-ring (bicyclic) bond motifs is 1. The van der Waals surface area contributed by atoms with Gasteiger partial charge >= 0.3 is 0 Å². The summed E-state index contributed by atoms with van der Waals surface area (Å²) in [7, 11) is 0. The lowest BCUT2D eigenvalue weighted by molar-refractivity contribution is 0.0950. The number of nitrogens with one attached hydrogen (secondary N) is 1. The minimum absolute atomic E-state index is 0.131. The molecule has 1 aromatic carbocycles. The zero-order valence-electron chi connectivity index (χ0n) is 18.7. The number of rotatable bonds is 6. The van der Waals surface area contributed by atoms with Gasteiger partial charge in [0.2, 0.25) is 0 Å². The molecule has 1 N–H and O–H groups in total. The Hall–Kier alpha value is -3.48. The molecule has 0 radical (unpaired) electrons. The van der Waals surface area contributed by atoms with Crippen LogP contribution in [-0.2, 0) is 13.1 Å². The van der Waals surface area contributed by atoms with Crippen LogP contribution in [0.25, 0.3) is 11.0 Å². The van der Waals surface area contributed by atoms with Gasteiger partial charge in [-0.2, -0.15) is 10.2 Å². The van der Waals surface area contributed by atoms with Crippen molar-refractivity contribution < 1.29 is 4.79 Å². The monoisotopic (exact) mass is 416 g/mol. The molecule has 0 aliphatic heterocycles. The van der Waals surface area contributed by atoms with Crippen LogP contribution in [0.4, 0.5) is 0 Å². The van der Waals surface area contributed by atoms with Crippen LogP contribution in [-0.4, -0.2) is 30.5 Å². The van der Waals surface area contributed by atoms with Crippen LogP contribution >= 0.6 is 0 Å². The summed E-state index contributed by atoms with van der Waals surface area (Å²) >= 11 is 0. The van der Waals surface area contributed by atoms with Crippen molar-refractivity contribution >= 4 is 16.9 Å². The Kier molecular flexibility index (Phi) is 5.59. The third-order valence-electron chi connectivity index (χ3n) is 5.37. The van der Waals surface area contributed by atoms with Gasteiger partial charge in [-0.15, -0.1) is 0 Å². The summed E-state index contributed by atoms with van der Waals surface area (Å²) < 4.78 is 3.87. The molecule has 0 bridgehead atoms. The highest BCUT2D eigenvalue weighted by Crippen LogP contribution is 2.19. The molecule has 7 heteroatoms. The predicted molar refractivity (Wildman–Crippen MR) is 121 cm³/mol. The van der Waals surface area contributed by atoms with E-state index in [2.05, 4.69) is 59.5 Å². The van der Waals surface area contributed by atoms with Crippen molar-refractivity contribution in [1.29, 1.82) is 0 Å². The van der Waals surface area contributed by atoms with Gasteiger partial charge in [0.25, 0.3) is 5.91 Å². The average molecular weight is 417 g/mol. The van der Waals surface area contributed by atoms with Crippen LogP contribution in [0.15, 0.2) is 42.6 Å². The van der Waals surface area contributed by atoms with Crippen molar-refractivity contribution in [2.45, 2.75) is 53.8 Å². The highest BCUT2D eigenvalue weighted by Gasteiger charge is 2.15. The van der Waals surface area contributed by atoms with Crippen LogP contribution in [0.2, 0.25) is 0 Å². The van der Waals surface area contributed by atoms with Crippen molar-refractivity contribution in [3.05, 3.63) is 76.4 Å². The number of aryl methyl sites for hydroxylation is 3. The van der Waals surface area contributed by atoms with E-state index in [0.717, 1.165) is 33.5 Å². The largest absolute Gasteiger partial charge is 0.348 e. The van der Waals surface area contributed by atoms with E-state index in [9.17, 15) is 4.79 Å². The smallest absolute Gasteiger partial charge is 0.253 e. The number of pyridine rings is 1. The first-order valence-electron chi connectivity index (χ1n) is 10.5. The van der Waals surface area contributed by atoms with Crippen LogP contribution in [0, 0.1) is 20.8 Å². The standard InChI is InChI=1S/C24H28N6O/c1-15(2)30-23-21(13-26-30)11-22(18(5)27-23)24(31)25-12-19-7-6-8-20(10-19)14-29-17(4)9-16(3)28-29/h6-11,13,15H,12,14H2,1-5H3,(H,25,31). The zero-order chi connectivity index (χ0) is 22.1. The molecule has 7 nitrogen and oxygen atoms in total. The molecule has 0 fully saturated rings. The predicted octanol–water partition coefficient (Wildman–Crippen LogP) is 4.11. The van der Waals surface area contributed by atoms with E-state index in [-0.39, 0.29) is 11.9 Å². The lowest BCUT2D eigenvalue weighted by atomic mass is 10.1. The summed E-state index contributed by atoms with van der Waals surface area (Å²) in [6.45, 7) is 11.2. The third-order valence-corrected chi connectivity index (χ3v) is 5.37. The SMILES string of the molecule is Cc1cc(C)n(Cc2cccc(CNC(=O)c3cc4cnn(C(C)C)c4nc3C)c2)n1. The van der Waals surface area contributed by atoms with Gasteiger partial charge in [0.05, 0.1) is 29.7 Å². The first-order valence-corrected chi connectivity index (χ1v) is 10.5. The second-order valence-electron chi connectivity index (χ2n) is 8.30. The second-order valence-corrected chi connectivity index (χ2v) is 8.30. The summed E-state index contributed by atoms with van der Waals surface area (Å²) in [6, 6.07) is 12.4. The Labute approximate surface area is 182 Å². The summed E-state index contributed by atoms with van der Waals surface area (Å²) in [5.74, 6) is -0.131. The van der Waals surface area contributed by atoms with Gasteiger partial charge in [0.1, 0.15) is 0 Å². The van der Waals surface area contributed by atoms with Crippen LogP contribution in [0.1, 0.15) is 58.5 Å². The van der Waals surface area contributed by atoms with Crippen LogP contribution in [0.5, 0.6) is 0 Å². The number of benzene rings is 1. The fourth-order valence-electron chi connectivity index (χ4n) is 3.80. The molecule has 1 amide bonds. The van der Waals surface area contributed by atoms with Gasteiger partial charge in [0.15, 0.2) is 5.65 Å². The minimum atomic E-state index is -0.131. The van der Waals surface area contributed by atoms with Crippen molar-refractivity contribution in [2.24, 2.45) is 0 Å². The zero-order valence-corrected chi connectivity index (χ0v) is 18.7. The number of nitrogens with zero attached hydrogens (tertiary/aromatic N) is 5. The van der Waals surface area contributed by atoms with E-state index in [4.69, 9.17) is 0 Å². The number of hydrogen-bond acceptors (Lipinski definition) is 4. The summed E-state index contributed by atoms with van der Waals surface area (Å²) in [6.07, 6.45) is 1.76. The van der Waals surface area contributed by atoms with Crippen molar-refractivity contribution in [2.75, 3.05) is 0 Å². The Morgan fingerprint density at radius 3 is 2.58 bits per heavy atom. The van der Waals surface area contributed by atoms with Gasteiger partial charge in [-0.05, 0) is 57.9 Å². The molecule has 31 heavy (non-hydrogen) atoms. The maximum atomic E-state index is 12.9. The maximum Gasteiger partial charge on any atom is 0.253 e. The number of carbonyl (C=O) groups is 1. The molecule has 160 valence electrons. The highest BCUT2D eigenvalue weighted by molar-refractivity contribution is 5.98. The Balaban J connectivity index is 1.47. The Morgan fingerprint density at radius 1 is 1.10 bits per heavy atom. The fourth-order valence-corrected chi connectivity index (χ4v) is 3.80. The van der Waals surface area contributed by atoms with E-state index in [1.54, 1.807) is 6.20 Å². The molecule has 0 spiro atoms. The van der Waals surface area contributed by atoms with E-state index in [1.165, 1.54) is 0 Å². The van der Waals surface area contributed by atoms with Crippen molar-refractivity contribution in [3.8, 4) is 0 Å². The molecule has 4 rings (SSSR count). The number of amides is 1. The number of hydrogen-bond donors (Lipinski definition) is 1. The summed E-state index contributed by atoms with van der Waals surface area (Å²) in [5.41, 5.74) is 6.43. The quantitative estimate of drug-likeness (QED) is 0.513. The second kappa shape index (κ2) is 8.34. The fraction of sp³-hybridized carbons (Fsp3) is 0.333. The molecular formula is C24H28N6O. The molecule has 4 aromatic rings. The molecule has 0 atom stereocenters. The molecule has 3 aromatic heterocycles. The van der Waals surface area contributed by atoms with Crippen LogP contribution in [0.3, 0.4) is 0 Å². The Morgan fingerprint density at radius 2 is 1.87 bits per heavy atom. The molecule has 0 saturated carbocycles. The molecule has 0 unspecified atom stereocenters. The number of aromatic nitrogens is 5. The maximum absolute atomic E-state index is 12.9. The molecule has 0 saturated heterocycles. The van der Waals surface area contributed by atoms with E-state index >= 15 is 0 Å². The van der Waals surface area contributed by atoms with E-state index < -0.39 is 0 Å². The van der Waals surface area contributed by atoms with Gasteiger partial charge in [-0.3, -0.25) is 9.48 Å². The number of carbonyl (C=O) groups excluding carboxylic acids is 1. The first kappa shape index (κ1) is 20.8. The van der Waals surface area contributed by atoms with Gasteiger partial charge < -0.3 is 5.32 Å². The highest BCUT2D eigenvalue weighted by atomic mass is 16.1. The normalized spacial score (nSPS) is 11.4. The van der Waals surface area contributed by atoms with Gasteiger partial charge in [-0.1, -0.05) is 24.3 Å². The topological polar surface area (TPSA) is 77.6 Å². The third kappa shape index (κ3) is 4.35. The Bertz CT molecular complexity index is 1250.